The molecule has 1 aliphatic rings. The van der Waals surface area contributed by atoms with Gasteiger partial charge in [0.05, 0.1) is 25.0 Å². The minimum Gasteiger partial charge on any atom is -0.495 e. The first-order valence-corrected chi connectivity index (χ1v) is 7.90. The van der Waals surface area contributed by atoms with Gasteiger partial charge in [0.25, 0.3) is 0 Å². The van der Waals surface area contributed by atoms with Gasteiger partial charge in [0.15, 0.2) is 0 Å². The van der Waals surface area contributed by atoms with E-state index < -0.39 is 0 Å². The Kier molecular flexibility index (Phi) is 4.82. The number of methoxy groups -OCH3 is 1. The molecule has 0 aromatic heterocycles. The molecule has 1 aromatic carbocycles. The number of rotatable bonds is 3. The average Bonchev–Trinajstić information content (AvgIpc) is 2.36. The highest BCUT2D eigenvalue weighted by Crippen LogP contribution is 2.33. The van der Waals surface area contributed by atoms with Gasteiger partial charge in [0, 0.05) is 6.04 Å². The van der Waals surface area contributed by atoms with Gasteiger partial charge in [-0.25, -0.2) is 0 Å². The van der Waals surface area contributed by atoms with E-state index in [1.54, 1.807) is 7.11 Å². The predicted molar refractivity (Wildman–Crippen MR) is 88.3 cm³/mol. The van der Waals surface area contributed by atoms with Crippen LogP contribution < -0.4 is 10.1 Å². The third kappa shape index (κ3) is 4.13. The van der Waals surface area contributed by atoms with Crippen LogP contribution in [0.4, 0.5) is 5.69 Å². The Labute approximate surface area is 129 Å². The van der Waals surface area contributed by atoms with E-state index in [2.05, 4.69) is 58.1 Å². The molecule has 0 saturated carbocycles. The molecule has 1 aliphatic heterocycles. The largest absolute Gasteiger partial charge is 0.495 e. The smallest absolute Gasteiger partial charge is 0.141 e. The molecular weight excluding hydrogens is 262 g/mol. The van der Waals surface area contributed by atoms with Gasteiger partial charge in [-0.2, -0.15) is 0 Å². The van der Waals surface area contributed by atoms with Gasteiger partial charge in [-0.05, 0) is 49.8 Å². The summed E-state index contributed by atoms with van der Waals surface area (Å²) in [4.78, 5) is 0. The lowest BCUT2D eigenvalue weighted by Gasteiger charge is -2.33. The molecule has 1 heterocycles. The highest BCUT2D eigenvalue weighted by molar-refractivity contribution is 5.59. The number of hydrogen-bond donors (Lipinski definition) is 1. The predicted octanol–water partition coefficient (Wildman–Crippen LogP) is 4.36. The summed E-state index contributed by atoms with van der Waals surface area (Å²) >= 11 is 0. The summed E-state index contributed by atoms with van der Waals surface area (Å²) < 4.78 is 11.3. The molecule has 0 bridgehead atoms. The quantitative estimate of drug-likeness (QED) is 0.897. The summed E-state index contributed by atoms with van der Waals surface area (Å²) in [6, 6.07) is 6.88. The minimum absolute atomic E-state index is 0.138. The SMILES string of the molecule is COc1ccc(C(C)(C)C)cc1NC1CC(C)OC(C)C1. The summed E-state index contributed by atoms with van der Waals surface area (Å²) in [5.74, 6) is 0.912. The maximum absolute atomic E-state index is 5.82. The normalized spacial score (nSPS) is 26.5. The zero-order valence-electron chi connectivity index (χ0n) is 14.2. The van der Waals surface area contributed by atoms with Crippen molar-refractivity contribution in [3.63, 3.8) is 0 Å². The van der Waals surface area contributed by atoms with E-state index in [9.17, 15) is 0 Å². The van der Waals surface area contributed by atoms with Crippen molar-refractivity contribution in [2.24, 2.45) is 0 Å². The van der Waals surface area contributed by atoms with Gasteiger partial charge in [0.2, 0.25) is 0 Å². The number of nitrogens with one attached hydrogen (secondary N) is 1. The molecule has 0 radical (unpaired) electrons. The molecule has 118 valence electrons. The zero-order valence-corrected chi connectivity index (χ0v) is 14.2. The Bertz CT molecular complexity index is 469. The molecule has 0 spiro atoms. The highest BCUT2D eigenvalue weighted by atomic mass is 16.5. The van der Waals surface area contributed by atoms with Crippen LogP contribution in [0.2, 0.25) is 0 Å². The molecule has 1 fully saturated rings. The first kappa shape index (κ1) is 16.2. The molecule has 1 aromatic rings. The van der Waals surface area contributed by atoms with Gasteiger partial charge < -0.3 is 14.8 Å². The van der Waals surface area contributed by atoms with Gasteiger partial charge in [-0.15, -0.1) is 0 Å². The second kappa shape index (κ2) is 6.27. The Morgan fingerprint density at radius 1 is 1.14 bits per heavy atom. The Morgan fingerprint density at radius 3 is 2.29 bits per heavy atom. The molecule has 3 heteroatoms. The van der Waals surface area contributed by atoms with E-state index in [1.807, 2.05) is 0 Å². The lowest BCUT2D eigenvalue weighted by Crippen LogP contribution is -2.37. The third-order valence-corrected chi connectivity index (χ3v) is 4.12. The fraction of sp³-hybridized carbons (Fsp3) is 0.667. The van der Waals surface area contributed by atoms with E-state index in [1.165, 1.54) is 5.56 Å². The van der Waals surface area contributed by atoms with Crippen molar-refractivity contribution in [3.8, 4) is 5.75 Å². The molecule has 1 saturated heterocycles. The van der Waals surface area contributed by atoms with E-state index in [4.69, 9.17) is 9.47 Å². The second-order valence-corrected chi connectivity index (χ2v) is 7.24. The lowest BCUT2D eigenvalue weighted by molar-refractivity contribution is -0.0338. The second-order valence-electron chi connectivity index (χ2n) is 7.24. The van der Waals surface area contributed by atoms with Crippen LogP contribution in [-0.2, 0) is 10.2 Å². The van der Waals surface area contributed by atoms with Crippen molar-refractivity contribution in [2.45, 2.75) is 71.1 Å². The van der Waals surface area contributed by atoms with E-state index >= 15 is 0 Å². The fourth-order valence-corrected chi connectivity index (χ4v) is 3.03. The molecule has 0 amide bonds. The number of hydrogen-bond acceptors (Lipinski definition) is 3. The first-order valence-electron chi connectivity index (χ1n) is 7.90. The standard InChI is InChI=1S/C18H29NO2/c1-12-9-15(10-13(2)21-12)19-16-11-14(18(3,4)5)7-8-17(16)20-6/h7-8,11-13,15,19H,9-10H2,1-6H3. The molecule has 2 atom stereocenters. The Balaban J connectivity index is 2.21. The van der Waals surface area contributed by atoms with E-state index in [0.29, 0.717) is 18.2 Å². The van der Waals surface area contributed by atoms with Crippen molar-refractivity contribution in [2.75, 3.05) is 12.4 Å². The molecule has 21 heavy (non-hydrogen) atoms. The molecule has 0 aliphatic carbocycles. The van der Waals surface area contributed by atoms with Crippen molar-refractivity contribution < 1.29 is 9.47 Å². The van der Waals surface area contributed by atoms with Crippen molar-refractivity contribution >= 4 is 5.69 Å². The van der Waals surface area contributed by atoms with Crippen molar-refractivity contribution in [1.29, 1.82) is 0 Å². The van der Waals surface area contributed by atoms with E-state index in [-0.39, 0.29) is 5.41 Å². The van der Waals surface area contributed by atoms with Crippen LogP contribution in [-0.4, -0.2) is 25.4 Å². The monoisotopic (exact) mass is 291 g/mol. The number of ether oxygens (including phenoxy) is 2. The lowest BCUT2D eigenvalue weighted by atomic mass is 9.86. The maximum atomic E-state index is 5.82. The molecule has 2 unspecified atom stereocenters. The zero-order chi connectivity index (χ0) is 15.6. The van der Waals surface area contributed by atoms with Gasteiger partial charge >= 0.3 is 0 Å². The van der Waals surface area contributed by atoms with Crippen LogP contribution in [0.15, 0.2) is 18.2 Å². The van der Waals surface area contributed by atoms with Gasteiger partial charge in [-0.3, -0.25) is 0 Å². The third-order valence-electron chi connectivity index (χ3n) is 4.12. The van der Waals surface area contributed by atoms with Crippen LogP contribution in [0.5, 0.6) is 5.75 Å². The Morgan fingerprint density at radius 2 is 1.76 bits per heavy atom. The van der Waals surface area contributed by atoms with Gasteiger partial charge in [0.1, 0.15) is 5.75 Å². The molecule has 2 rings (SSSR count). The minimum atomic E-state index is 0.138. The summed E-state index contributed by atoms with van der Waals surface area (Å²) in [7, 11) is 1.73. The summed E-state index contributed by atoms with van der Waals surface area (Å²) in [5, 5.41) is 3.67. The number of anilines is 1. The molecule has 3 nitrogen and oxygen atoms in total. The fourth-order valence-electron chi connectivity index (χ4n) is 3.03. The summed E-state index contributed by atoms with van der Waals surface area (Å²) in [5.41, 5.74) is 2.55. The maximum Gasteiger partial charge on any atom is 0.141 e. The van der Waals surface area contributed by atoms with Crippen LogP contribution in [0, 0.1) is 0 Å². The summed E-state index contributed by atoms with van der Waals surface area (Å²) in [6.45, 7) is 11.0. The van der Waals surface area contributed by atoms with Crippen LogP contribution in [0.3, 0.4) is 0 Å². The van der Waals surface area contributed by atoms with E-state index in [0.717, 1.165) is 24.3 Å². The number of benzene rings is 1. The molecular formula is C18H29NO2. The topological polar surface area (TPSA) is 30.5 Å². The van der Waals surface area contributed by atoms with Crippen LogP contribution in [0.25, 0.3) is 0 Å². The first-order chi connectivity index (χ1) is 9.79. The van der Waals surface area contributed by atoms with Gasteiger partial charge in [-0.1, -0.05) is 26.8 Å². The average molecular weight is 291 g/mol. The Hall–Kier alpha value is -1.22. The van der Waals surface area contributed by atoms with Crippen LogP contribution >= 0.6 is 0 Å². The highest BCUT2D eigenvalue weighted by Gasteiger charge is 2.25. The van der Waals surface area contributed by atoms with Crippen molar-refractivity contribution in [3.05, 3.63) is 23.8 Å². The summed E-state index contributed by atoms with van der Waals surface area (Å²) in [6.07, 6.45) is 2.69. The van der Waals surface area contributed by atoms with Crippen molar-refractivity contribution in [1.82, 2.24) is 0 Å². The van der Waals surface area contributed by atoms with Crippen LogP contribution in [0.1, 0.15) is 53.0 Å². The molecule has 1 N–H and O–H groups in total.